The van der Waals surface area contributed by atoms with E-state index in [2.05, 4.69) is 24.4 Å². The third-order valence-electron chi connectivity index (χ3n) is 0.355. The van der Waals surface area contributed by atoms with Gasteiger partial charge in [0, 0.05) is 6.04 Å². The minimum atomic E-state index is -0.245. The Bertz CT molecular complexity index is 105. The van der Waals surface area contributed by atoms with E-state index in [0.29, 0.717) is 0 Å². The molecule has 0 saturated carbocycles. The van der Waals surface area contributed by atoms with Crippen LogP contribution >= 0.6 is 12.6 Å². The summed E-state index contributed by atoms with van der Waals surface area (Å²) in [6.45, 7) is 0. The van der Waals surface area contributed by atoms with Gasteiger partial charge in [0.05, 0.1) is 5.75 Å². The van der Waals surface area contributed by atoms with E-state index in [1.807, 2.05) is 6.04 Å². The zero-order valence-corrected chi connectivity index (χ0v) is 4.53. The molecule has 0 rings (SSSR count). The van der Waals surface area contributed by atoms with Crippen LogP contribution in [0, 0.1) is 12.5 Å². The Hall–Kier alpha value is -0.620. The summed E-state index contributed by atoms with van der Waals surface area (Å²) in [6.07, 6.45) is 4.69. The third-order valence-corrected chi connectivity index (χ3v) is 0.642. The van der Waals surface area contributed by atoms with E-state index in [4.69, 9.17) is 0 Å². The molecule has 1 amide bonds. The molecule has 38 valence electrons. The van der Waals surface area contributed by atoms with Crippen LogP contribution in [0.4, 0.5) is 0 Å². The van der Waals surface area contributed by atoms with Crippen LogP contribution in [0.25, 0.3) is 0 Å². The highest BCUT2D eigenvalue weighted by atomic mass is 32.1. The van der Waals surface area contributed by atoms with Crippen LogP contribution in [0.2, 0.25) is 0 Å². The average Bonchev–Trinajstić information content (AvgIpc) is 1.68. The zero-order chi connectivity index (χ0) is 5.70. The van der Waals surface area contributed by atoms with E-state index in [1.165, 1.54) is 0 Å². The van der Waals surface area contributed by atoms with Crippen molar-refractivity contribution in [3.63, 3.8) is 0 Å². The monoisotopic (exact) mass is 115 g/mol. The number of thiol groups is 1. The second-order valence-corrected chi connectivity index (χ2v) is 1.17. The predicted molar refractivity (Wildman–Crippen MR) is 30.8 cm³/mol. The van der Waals surface area contributed by atoms with Crippen molar-refractivity contribution in [3.05, 3.63) is 0 Å². The fourth-order valence-electron chi connectivity index (χ4n) is 0.120. The average molecular weight is 115 g/mol. The van der Waals surface area contributed by atoms with Gasteiger partial charge in [-0.1, -0.05) is 6.42 Å². The smallest absolute Gasteiger partial charge is 0.241 e. The highest BCUT2D eigenvalue weighted by molar-refractivity contribution is 7.81. The van der Waals surface area contributed by atoms with Gasteiger partial charge in [-0.15, -0.1) is 0 Å². The molecule has 0 saturated heterocycles. The number of hydrogen-bond donors (Lipinski definition) is 2. The third kappa shape index (κ3) is 3.20. The van der Waals surface area contributed by atoms with Gasteiger partial charge in [0.15, 0.2) is 0 Å². The van der Waals surface area contributed by atoms with Crippen molar-refractivity contribution in [2.24, 2.45) is 0 Å². The van der Waals surface area contributed by atoms with Crippen molar-refractivity contribution in [1.82, 2.24) is 5.32 Å². The van der Waals surface area contributed by atoms with Crippen molar-refractivity contribution in [3.8, 4) is 12.5 Å². The van der Waals surface area contributed by atoms with Crippen LogP contribution in [0.15, 0.2) is 0 Å². The van der Waals surface area contributed by atoms with Crippen LogP contribution in [0.3, 0.4) is 0 Å². The fraction of sp³-hybridized carbons (Fsp3) is 0.250. The first kappa shape index (κ1) is 6.38. The quantitative estimate of drug-likeness (QED) is 0.272. The molecule has 0 aliphatic heterocycles. The molecular weight excluding hydrogens is 110 g/mol. The topological polar surface area (TPSA) is 29.1 Å². The first-order chi connectivity index (χ1) is 3.31. The second-order valence-electron chi connectivity index (χ2n) is 0.851. The number of terminal acetylenes is 1. The lowest BCUT2D eigenvalue weighted by atomic mass is 10.7. The van der Waals surface area contributed by atoms with Crippen LogP contribution in [-0.4, -0.2) is 11.7 Å². The largest absolute Gasteiger partial charge is 0.285 e. The van der Waals surface area contributed by atoms with E-state index >= 15 is 0 Å². The van der Waals surface area contributed by atoms with Gasteiger partial charge in [-0.05, 0) is 0 Å². The number of carbonyl (C=O) groups is 1. The number of rotatable bonds is 1. The summed E-state index contributed by atoms with van der Waals surface area (Å²) in [4.78, 5) is 10.1. The van der Waals surface area contributed by atoms with E-state index in [9.17, 15) is 4.79 Å². The summed E-state index contributed by atoms with van der Waals surface area (Å²) >= 11 is 3.64. The molecule has 0 aliphatic rings. The highest BCUT2D eigenvalue weighted by Gasteiger charge is 1.88. The summed E-state index contributed by atoms with van der Waals surface area (Å²) in [6, 6.07) is 1.97. The van der Waals surface area contributed by atoms with Crippen molar-refractivity contribution in [2.75, 3.05) is 5.75 Å². The Kier molecular flexibility index (Phi) is 3.25. The van der Waals surface area contributed by atoms with Crippen LogP contribution in [-0.2, 0) is 4.79 Å². The predicted octanol–water partition coefficient (Wildman–Crippen LogP) is -0.377. The molecule has 0 aliphatic carbocycles. The fourth-order valence-corrected chi connectivity index (χ4v) is 0.199. The molecule has 2 nitrogen and oxygen atoms in total. The molecule has 0 aromatic heterocycles. The van der Waals surface area contributed by atoms with E-state index in [-0.39, 0.29) is 11.7 Å². The first-order valence-electron chi connectivity index (χ1n) is 1.66. The summed E-state index contributed by atoms with van der Waals surface area (Å²) in [5.41, 5.74) is 0. The Morgan fingerprint density at radius 1 is 2.00 bits per heavy atom. The number of hydrogen-bond acceptors (Lipinski definition) is 2. The molecule has 0 bridgehead atoms. The second kappa shape index (κ2) is 3.57. The molecule has 0 heterocycles. The maximum absolute atomic E-state index is 10.1. The molecule has 0 spiro atoms. The lowest BCUT2D eigenvalue weighted by Crippen LogP contribution is -2.17. The first-order valence-corrected chi connectivity index (χ1v) is 2.30. The summed E-state index contributed by atoms with van der Waals surface area (Å²) < 4.78 is 0. The molecule has 3 heteroatoms. The molecule has 1 N–H and O–H groups in total. The minimum absolute atomic E-state index is 0.143. The van der Waals surface area contributed by atoms with Crippen LogP contribution < -0.4 is 5.32 Å². The Morgan fingerprint density at radius 3 is 2.71 bits per heavy atom. The van der Waals surface area contributed by atoms with Gasteiger partial charge in [-0.2, -0.15) is 12.6 Å². The number of amides is 1. The molecule has 0 fully saturated rings. The molecule has 0 aromatic carbocycles. The van der Waals surface area contributed by atoms with Crippen molar-refractivity contribution < 1.29 is 4.79 Å². The van der Waals surface area contributed by atoms with Crippen molar-refractivity contribution >= 4 is 18.5 Å². The van der Waals surface area contributed by atoms with Crippen molar-refractivity contribution in [1.29, 1.82) is 0 Å². The zero-order valence-electron chi connectivity index (χ0n) is 3.64. The molecule has 0 aromatic rings. The van der Waals surface area contributed by atoms with E-state index < -0.39 is 0 Å². The number of nitrogens with one attached hydrogen (secondary N) is 1. The minimum Gasteiger partial charge on any atom is -0.285 e. The molecule has 0 radical (unpaired) electrons. The highest BCUT2D eigenvalue weighted by Crippen LogP contribution is 1.68. The van der Waals surface area contributed by atoms with Gasteiger partial charge >= 0.3 is 0 Å². The number of carbonyl (C=O) groups excluding carboxylic acids is 1. The SMILES string of the molecule is C#CNC(=O)CS. The van der Waals surface area contributed by atoms with E-state index in [1.54, 1.807) is 0 Å². The Morgan fingerprint density at radius 2 is 2.57 bits per heavy atom. The summed E-state index contributed by atoms with van der Waals surface area (Å²) in [7, 11) is 0. The maximum atomic E-state index is 10.1. The molecule has 0 atom stereocenters. The molecule has 7 heavy (non-hydrogen) atoms. The van der Waals surface area contributed by atoms with Gasteiger partial charge < -0.3 is 0 Å². The molecule has 0 unspecified atom stereocenters. The Labute approximate surface area is 47.7 Å². The lowest BCUT2D eigenvalue weighted by Gasteiger charge is -1.85. The van der Waals surface area contributed by atoms with Gasteiger partial charge in [0.2, 0.25) is 5.91 Å². The van der Waals surface area contributed by atoms with E-state index in [0.717, 1.165) is 0 Å². The van der Waals surface area contributed by atoms with Gasteiger partial charge in [-0.25, -0.2) is 0 Å². The standard InChI is InChI=1S/C4H5NOS/c1-2-5-4(6)3-7/h1,7H,3H2,(H,5,6). The summed E-state index contributed by atoms with van der Waals surface area (Å²) in [5, 5.41) is 2.11. The Balaban J connectivity index is 3.23. The summed E-state index contributed by atoms with van der Waals surface area (Å²) in [5.74, 6) is -0.102. The van der Waals surface area contributed by atoms with Crippen LogP contribution in [0.5, 0.6) is 0 Å². The van der Waals surface area contributed by atoms with Crippen molar-refractivity contribution in [2.45, 2.75) is 0 Å². The lowest BCUT2D eigenvalue weighted by molar-refractivity contribution is -0.117. The van der Waals surface area contributed by atoms with Crippen LogP contribution in [0.1, 0.15) is 0 Å². The maximum Gasteiger partial charge on any atom is 0.241 e. The van der Waals surface area contributed by atoms with Gasteiger partial charge in [0.25, 0.3) is 0 Å². The van der Waals surface area contributed by atoms with Gasteiger partial charge in [0.1, 0.15) is 0 Å². The normalized spacial score (nSPS) is 6.86. The molecular formula is C4H5NOS. The van der Waals surface area contributed by atoms with Gasteiger partial charge in [-0.3, -0.25) is 10.1 Å².